The van der Waals surface area contributed by atoms with Gasteiger partial charge >= 0.3 is 0 Å². The highest BCUT2D eigenvalue weighted by Gasteiger charge is 2.11. The first-order valence-corrected chi connectivity index (χ1v) is 7.25. The highest BCUT2D eigenvalue weighted by molar-refractivity contribution is 7.14. The molecule has 0 fully saturated rings. The summed E-state index contributed by atoms with van der Waals surface area (Å²) in [4.78, 5) is 13.2. The molecule has 0 aliphatic heterocycles. The fourth-order valence-corrected chi connectivity index (χ4v) is 2.56. The third kappa shape index (κ3) is 2.99. The van der Waals surface area contributed by atoms with Gasteiger partial charge in [-0.15, -0.1) is 21.5 Å². The van der Waals surface area contributed by atoms with Crippen molar-refractivity contribution in [2.24, 2.45) is 0 Å². The van der Waals surface area contributed by atoms with Gasteiger partial charge in [0.15, 0.2) is 0 Å². The summed E-state index contributed by atoms with van der Waals surface area (Å²) >= 11 is 1.29. The minimum atomic E-state index is -0.309. The maximum absolute atomic E-state index is 12.0. The average Bonchev–Trinajstić information content (AvgIpc) is 3.17. The van der Waals surface area contributed by atoms with Crippen LogP contribution in [0.15, 0.2) is 41.8 Å². The molecule has 1 N–H and O–H groups in total. The molecule has 8 heteroatoms. The van der Waals surface area contributed by atoms with Gasteiger partial charge in [0.1, 0.15) is 17.6 Å². The third-order valence-electron chi connectivity index (χ3n) is 2.81. The predicted octanol–water partition coefficient (Wildman–Crippen LogP) is 1.91. The summed E-state index contributed by atoms with van der Waals surface area (Å²) < 4.78 is 0. The van der Waals surface area contributed by atoms with Gasteiger partial charge in [-0.1, -0.05) is 30.3 Å². The van der Waals surface area contributed by atoms with Crippen molar-refractivity contribution >= 4 is 22.2 Å². The van der Waals surface area contributed by atoms with Gasteiger partial charge in [-0.25, -0.2) is 0 Å². The van der Waals surface area contributed by atoms with Gasteiger partial charge < -0.3 is 5.32 Å². The van der Waals surface area contributed by atoms with E-state index in [1.807, 2.05) is 36.4 Å². The summed E-state index contributed by atoms with van der Waals surface area (Å²) in [6.07, 6.45) is 0. The van der Waals surface area contributed by atoms with Crippen LogP contribution in [0, 0.1) is 11.3 Å². The fourth-order valence-electron chi connectivity index (χ4n) is 1.80. The Bertz CT molecular complexity index is 832. The van der Waals surface area contributed by atoms with E-state index >= 15 is 0 Å². The lowest BCUT2D eigenvalue weighted by molar-refractivity contribution is -0.117. The molecule has 0 aliphatic rings. The molecule has 2 heterocycles. The van der Waals surface area contributed by atoms with E-state index in [2.05, 4.69) is 20.7 Å². The van der Waals surface area contributed by atoms with Crippen molar-refractivity contribution in [3.8, 4) is 17.5 Å². The van der Waals surface area contributed by atoms with Crippen molar-refractivity contribution in [1.82, 2.24) is 20.2 Å². The van der Waals surface area contributed by atoms with E-state index < -0.39 is 0 Å². The summed E-state index contributed by atoms with van der Waals surface area (Å²) in [6.45, 7) is -0.0669. The fraction of sp³-hybridized carbons (Fsp3) is 0.0714. The molecule has 3 rings (SSSR count). The normalized spacial score (nSPS) is 10.1. The van der Waals surface area contributed by atoms with Crippen LogP contribution in [0.5, 0.6) is 0 Å². The summed E-state index contributed by atoms with van der Waals surface area (Å²) in [5, 5.41) is 25.8. The zero-order valence-electron chi connectivity index (χ0n) is 11.3. The molecule has 22 heavy (non-hydrogen) atoms. The first-order chi connectivity index (χ1) is 10.8. The Morgan fingerprint density at radius 2 is 2.14 bits per heavy atom. The number of nitrogens with zero attached hydrogens (tertiary/aromatic N) is 5. The van der Waals surface area contributed by atoms with Crippen LogP contribution in [0.4, 0.5) is 5.00 Å². The van der Waals surface area contributed by atoms with E-state index in [4.69, 9.17) is 5.26 Å². The number of thiophene rings is 1. The Labute approximate surface area is 129 Å². The van der Waals surface area contributed by atoms with E-state index in [-0.39, 0.29) is 12.5 Å². The minimum absolute atomic E-state index is 0.0669. The van der Waals surface area contributed by atoms with E-state index in [1.54, 1.807) is 11.4 Å². The molecular formula is C14H10N6OS. The van der Waals surface area contributed by atoms with E-state index in [1.165, 1.54) is 16.1 Å². The van der Waals surface area contributed by atoms with Gasteiger partial charge in [-0.2, -0.15) is 10.1 Å². The van der Waals surface area contributed by atoms with Gasteiger partial charge in [0.05, 0.1) is 5.56 Å². The van der Waals surface area contributed by atoms with E-state index in [0.717, 1.165) is 5.56 Å². The largest absolute Gasteiger partial charge is 0.315 e. The van der Waals surface area contributed by atoms with Crippen LogP contribution in [0.2, 0.25) is 0 Å². The van der Waals surface area contributed by atoms with Crippen LogP contribution in [0.25, 0.3) is 11.4 Å². The number of amides is 1. The molecule has 0 radical (unpaired) electrons. The smallest absolute Gasteiger partial charge is 0.248 e. The molecule has 0 saturated heterocycles. The highest BCUT2D eigenvalue weighted by Crippen LogP contribution is 2.22. The Hall–Kier alpha value is -3.05. The number of tetrazole rings is 1. The molecule has 2 aromatic heterocycles. The summed E-state index contributed by atoms with van der Waals surface area (Å²) in [6, 6.07) is 13.1. The third-order valence-corrected chi connectivity index (χ3v) is 3.64. The monoisotopic (exact) mass is 310 g/mol. The second-order valence-corrected chi connectivity index (χ2v) is 5.25. The Balaban J connectivity index is 1.68. The van der Waals surface area contributed by atoms with E-state index in [9.17, 15) is 4.79 Å². The number of benzene rings is 1. The summed E-state index contributed by atoms with van der Waals surface area (Å²) in [5.74, 6) is 0.151. The first-order valence-electron chi connectivity index (χ1n) is 6.37. The maximum atomic E-state index is 12.0. The van der Waals surface area contributed by atoms with Gasteiger partial charge in [-0.3, -0.25) is 4.79 Å². The Morgan fingerprint density at radius 1 is 1.32 bits per heavy atom. The molecule has 1 aromatic carbocycles. The van der Waals surface area contributed by atoms with Gasteiger partial charge in [0.25, 0.3) is 0 Å². The van der Waals surface area contributed by atoms with Crippen molar-refractivity contribution in [2.75, 3.05) is 5.32 Å². The molecule has 108 valence electrons. The zero-order valence-corrected chi connectivity index (χ0v) is 12.1. The number of carbonyl (C=O) groups is 1. The number of rotatable bonds is 4. The number of nitriles is 1. The van der Waals surface area contributed by atoms with Crippen LogP contribution in [-0.4, -0.2) is 26.1 Å². The van der Waals surface area contributed by atoms with Gasteiger partial charge in [0.2, 0.25) is 11.7 Å². The van der Waals surface area contributed by atoms with Crippen molar-refractivity contribution in [1.29, 1.82) is 5.26 Å². The van der Waals surface area contributed by atoms with Gasteiger partial charge in [0, 0.05) is 5.56 Å². The number of aromatic nitrogens is 4. The molecule has 0 spiro atoms. The number of hydrogen-bond donors (Lipinski definition) is 1. The summed E-state index contributed by atoms with van der Waals surface area (Å²) in [5.41, 5.74) is 1.27. The molecular weight excluding hydrogens is 300 g/mol. The number of hydrogen-bond acceptors (Lipinski definition) is 6. The molecule has 3 aromatic rings. The molecule has 7 nitrogen and oxygen atoms in total. The van der Waals surface area contributed by atoms with Crippen LogP contribution < -0.4 is 5.32 Å². The van der Waals surface area contributed by atoms with Crippen molar-refractivity contribution < 1.29 is 4.79 Å². The average molecular weight is 310 g/mol. The maximum Gasteiger partial charge on any atom is 0.248 e. The second kappa shape index (κ2) is 6.15. The van der Waals surface area contributed by atoms with Crippen LogP contribution >= 0.6 is 11.3 Å². The van der Waals surface area contributed by atoms with Crippen molar-refractivity contribution in [2.45, 2.75) is 6.54 Å². The van der Waals surface area contributed by atoms with E-state index in [0.29, 0.717) is 16.4 Å². The lowest BCUT2D eigenvalue weighted by Crippen LogP contribution is -2.20. The lowest BCUT2D eigenvalue weighted by Gasteiger charge is -2.01. The quantitative estimate of drug-likeness (QED) is 0.794. The van der Waals surface area contributed by atoms with Crippen LogP contribution in [0.1, 0.15) is 5.56 Å². The molecule has 0 unspecified atom stereocenters. The second-order valence-electron chi connectivity index (χ2n) is 4.33. The minimum Gasteiger partial charge on any atom is -0.315 e. The molecule has 0 aliphatic carbocycles. The lowest BCUT2D eigenvalue weighted by atomic mass is 10.2. The predicted molar refractivity (Wildman–Crippen MR) is 80.9 cm³/mol. The molecule has 0 bridgehead atoms. The Morgan fingerprint density at radius 3 is 2.91 bits per heavy atom. The SMILES string of the molecule is N#Cc1ccsc1NC(=O)Cn1nnc(-c2ccccc2)n1. The molecule has 0 atom stereocenters. The molecule has 1 amide bonds. The number of carbonyl (C=O) groups excluding carboxylic acids is 1. The zero-order chi connectivity index (χ0) is 15.4. The topological polar surface area (TPSA) is 96.5 Å². The standard InChI is InChI=1S/C14H10N6OS/c15-8-11-6-7-22-14(11)16-12(21)9-20-18-13(17-19-20)10-4-2-1-3-5-10/h1-7H,9H2,(H,16,21). The van der Waals surface area contributed by atoms with Gasteiger partial charge in [-0.05, 0) is 16.7 Å². The number of nitrogens with one attached hydrogen (secondary N) is 1. The number of anilines is 1. The van der Waals surface area contributed by atoms with Crippen LogP contribution in [0.3, 0.4) is 0 Å². The first kappa shape index (κ1) is 13.9. The van der Waals surface area contributed by atoms with Crippen molar-refractivity contribution in [3.05, 3.63) is 47.3 Å². The van der Waals surface area contributed by atoms with Crippen molar-refractivity contribution in [3.63, 3.8) is 0 Å². The highest BCUT2D eigenvalue weighted by atomic mass is 32.1. The molecule has 0 saturated carbocycles. The Kier molecular flexibility index (Phi) is 3.89. The summed E-state index contributed by atoms with van der Waals surface area (Å²) in [7, 11) is 0. The van der Waals surface area contributed by atoms with Crippen LogP contribution in [-0.2, 0) is 11.3 Å².